The molecule has 2 N–H and O–H groups in total. The van der Waals surface area contributed by atoms with Crippen molar-refractivity contribution in [1.82, 2.24) is 0 Å². The van der Waals surface area contributed by atoms with Crippen molar-refractivity contribution in [2.24, 2.45) is 0 Å². The highest BCUT2D eigenvalue weighted by atomic mass is 35.5. The third-order valence-corrected chi connectivity index (χ3v) is 6.93. The van der Waals surface area contributed by atoms with Crippen molar-refractivity contribution >= 4 is 44.6 Å². The van der Waals surface area contributed by atoms with Gasteiger partial charge in [-0.3, -0.25) is 4.72 Å². The van der Waals surface area contributed by atoms with Gasteiger partial charge in [0.2, 0.25) is 0 Å². The van der Waals surface area contributed by atoms with Crippen LogP contribution < -0.4 is 4.72 Å². The highest BCUT2D eigenvalue weighted by Crippen LogP contribution is 2.37. The fourth-order valence-corrected chi connectivity index (χ4v) is 5.29. The number of anilines is 1. The Bertz CT molecular complexity index is 1240. The Morgan fingerprint density at radius 2 is 1.97 bits per heavy atom. The monoisotopic (exact) mass is 446 g/mol. The standard InChI is InChI=1S/C20H15ClN2O4S2/c1-2-13-4-5-14(20(24)25)10-18(13)29(26,27)23-16-9-12(11-22)3-6-15(16)17-7-8-19(21)28-17/h3-10,23H,2H2,1H3,(H,24,25). The van der Waals surface area contributed by atoms with Crippen molar-refractivity contribution in [2.75, 3.05) is 4.72 Å². The minimum absolute atomic E-state index is 0.113. The summed E-state index contributed by atoms with van der Waals surface area (Å²) in [6.45, 7) is 1.78. The molecule has 0 spiro atoms. The number of thiophene rings is 1. The Balaban J connectivity index is 2.13. The highest BCUT2D eigenvalue weighted by molar-refractivity contribution is 7.92. The fourth-order valence-electron chi connectivity index (χ4n) is 2.80. The maximum Gasteiger partial charge on any atom is 0.335 e. The Hall–Kier alpha value is -2.86. The molecule has 3 rings (SSSR count). The number of nitrogens with zero attached hydrogens (tertiary/aromatic N) is 1. The van der Waals surface area contributed by atoms with Gasteiger partial charge in [-0.25, -0.2) is 13.2 Å². The Labute approximate surface area is 177 Å². The third-order valence-electron chi connectivity index (χ3n) is 4.22. The smallest absolute Gasteiger partial charge is 0.335 e. The summed E-state index contributed by atoms with van der Waals surface area (Å²) in [4.78, 5) is 11.9. The van der Waals surface area contributed by atoms with Crippen LogP contribution in [0, 0.1) is 11.3 Å². The fraction of sp³-hybridized carbons (Fsp3) is 0.100. The number of aromatic carboxylic acids is 1. The average molecular weight is 447 g/mol. The van der Waals surface area contributed by atoms with E-state index in [4.69, 9.17) is 11.6 Å². The van der Waals surface area contributed by atoms with E-state index in [0.717, 1.165) is 10.9 Å². The molecule has 0 saturated heterocycles. The second-order valence-corrected chi connectivity index (χ2v) is 9.43. The average Bonchev–Trinajstić information content (AvgIpc) is 3.13. The van der Waals surface area contributed by atoms with Gasteiger partial charge >= 0.3 is 5.97 Å². The predicted molar refractivity (Wildman–Crippen MR) is 113 cm³/mol. The molecule has 0 fully saturated rings. The van der Waals surface area contributed by atoms with E-state index in [-0.39, 0.29) is 21.7 Å². The molecular weight excluding hydrogens is 432 g/mol. The molecule has 0 radical (unpaired) electrons. The first-order valence-corrected chi connectivity index (χ1v) is 11.1. The summed E-state index contributed by atoms with van der Waals surface area (Å²) in [7, 11) is -4.11. The molecule has 0 saturated carbocycles. The summed E-state index contributed by atoms with van der Waals surface area (Å²) in [5.74, 6) is -1.22. The summed E-state index contributed by atoms with van der Waals surface area (Å²) < 4.78 is 29.3. The largest absolute Gasteiger partial charge is 0.478 e. The molecule has 9 heteroatoms. The Morgan fingerprint density at radius 3 is 2.55 bits per heavy atom. The SMILES string of the molecule is CCc1ccc(C(=O)O)cc1S(=O)(=O)Nc1cc(C#N)ccc1-c1ccc(Cl)s1. The Kier molecular flexibility index (Phi) is 5.94. The molecule has 148 valence electrons. The van der Waals surface area contributed by atoms with Crippen molar-refractivity contribution in [3.8, 4) is 16.5 Å². The minimum atomic E-state index is -4.11. The molecule has 29 heavy (non-hydrogen) atoms. The van der Waals surface area contributed by atoms with E-state index >= 15 is 0 Å². The molecular formula is C20H15ClN2O4S2. The Morgan fingerprint density at radius 1 is 1.21 bits per heavy atom. The van der Waals surface area contributed by atoms with Gasteiger partial charge in [0.25, 0.3) is 10.0 Å². The summed E-state index contributed by atoms with van der Waals surface area (Å²) in [5, 5.41) is 18.4. The molecule has 0 atom stereocenters. The molecule has 1 aromatic heterocycles. The number of carboxylic acid groups (broad SMARTS) is 1. The van der Waals surface area contributed by atoms with Gasteiger partial charge in [0.05, 0.1) is 32.1 Å². The van der Waals surface area contributed by atoms with Crippen LogP contribution in [0.25, 0.3) is 10.4 Å². The maximum absolute atomic E-state index is 13.1. The van der Waals surface area contributed by atoms with Gasteiger partial charge in [-0.15, -0.1) is 11.3 Å². The van der Waals surface area contributed by atoms with Crippen LogP contribution >= 0.6 is 22.9 Å². The normalized spacial score (nSPS) is 11.1. The third kappa shape index (κ3) is 4.43. The van der Waals surface area contributed by atoms with Crippen molar-refractivity contribution in [3.63, 3.8) is 0 Å². The molecule has 1 heterocycles. The van der Waals surface area contributed by atoms with Crippen LogP contribution in [0.4, 0.5) is 5.69 Å². The lowest BCUT2D eigenvalue weighted by Gasteiger charge is -2.15. The zero-order valence-electron chi connectivity index (χ0n) is 15.1. The lowest BCUT2D eigenvalue weighted by molar-refractivity contribution is 0.0696. The molecule has 3 aromatic rings. The number of rotatable bonds is 6. The number of benzene rings is 2. The number of carbonyl (C=O) groups is 1. The number of nitrogens with one attached hydrogen (secondary N) is 1. The first kappa shape index (κ1) is 20.9. The lowest BCUT2D eigenvalue weighted by Crippen LogP contribution is -2.16. The number of nitriles is 1. The molecule has 0 aliphatic rings. The number of aryl methyl sites for hydroxylation is 1. The number of hydrogen-bond acceptors (Lipinski definition) is 5. The van der Waals surface area contributed by atoms with Gasteiger partial charge in [-0.1, -0.05) is 30.7 Å². The van der Waals surface area contributed by atoms with Crippen molar-refractivity contribution in [2.45, 2.75) is 18.2 Å². The van der Waals surface area contributed by atoms with Crippen LogP contribution in [0.3, 0.4) is 0 Å². The minimum Gasteiger partial charge on any atom is -0.478 e. The van der Waals surface area contributed by atoms with E-state index < -0.39 is 16.0 Å². The van der Waals surface area contributed by atoms with E-state index in [1.807, 2.05) is 6.07 Å². The van der Waals surface area contributed by atoms with E-state index in [9.17, 15) is 23.6 Å². The molecule has 0 aliphatic carbocycles. The zero-order chi connectivity index (χ0) is 21.2. The number of sulfonamides is 1. The van der Waals surface area contributed by atoms with Crippen LogP contribution in [-0.2, 0) is 16.4 Å². The van der Waals surface area contributed by atoms with Crippen LogP contribution in [0.1, 0.15) is 28.4 Å². The summed E-state index contributed by atoms with van der Waals surface area (Å²) in [6.07, 6.45) is 0.405. The zero-order valence-corrected chi connectivity index (χ0v) is 17.5. The highest BCUT2D eigenvalue weighted by Gasteiger charge is 2.22. The van der Waals surface area contributed by atoms with Crippen molar-refractivity contribution in [1.29, 1.82) is 5.26 Å². The van der Waals surface area contributed by atoms with Crippen LogP contribution in [-0.4, -0.2) is 19.5 Å². The number of hydrogen-bond donors (Lipinski definition) is 2. The van der Waals surface area contributed by atoms with Crippen LogP contribution in [0.2, 0.25) is 4.34 Å². The van der Waals surface area contributed by atoms with Gasteiger partial charge in [0.15, 0.2) is 0 Å². The topological polar surface area (TPSA) is 107 Å². The van der Waals surface area contributed by atoms with E-state index in [1.54, 1.807) is 31.2 Å². The lowest BCUT2D eigenvalue weighted by atomic mass is 10.1. The van der Waals surface area contributed by atoms with E-state index in [1.165, 1.54) is 29.5 Å². The van der Waals surface area contributed by atoms with Gasteiger partial charge in [0.1, 0.15) is 0 Å². The van der Waals surface area contributed by atoms with Crippen LogP contribution in [0.5, 0.6) is 0 Å². The molecule has 0 amide bonds. The molecule has 0 aliphatic heterocycles. The number of halogens is 1. The molecule has 0 unspecified atom stereocenters. The number of carboxylic acids is 1. The van der Waals surface area contributed by atoms with Gasteiger partial charge in [-0.05, 0) is 48.4 Å². The van der Waals surface area contributed by atoms with E-state index in [0.29, 0.717) is 21.9 Å². The molecule has 0 bridgehead atoms. The van der Waals surface area contributed by atoms with Gasteiger partial charge < -0.3 is 5.11 Å². The van der Waals surface area contributed by atoms with Crippen LogP contribution in [0.15, 0.2) is 53.4 Å². The second kappa shape index (κ2) is 8.25. The van der Waals surface area contributed by atoms with Gasteiger partial charge in [-0.2, -0.15) is 5.26 Å². The first-order chi connectivity index (χ1) is 13.7. The molecule has 6 nitrogen and oxygen atoms in total. The molecule has 2 aromatic carbocycles. The summed E-state index contributed by atoms with van der Waals surface area (Å²) in [5.41, 5.74) is 1.42. The van der Waals surface area contributed by atoms with Crippen molar-refractivity contribution < 1.29 is 18.3 Å². The summed E-state index contributed by atoms with van der Waals surface area (Å²) in [6, 6.07) is 14.1. The first-order valence-electron chi connectivity index (χ1n) is 8.44. The second-order valence-electron chi connectivity index (χ2n) is 6.06. The van der Waals surface area contributed by atoms with Crippen molar-refractivity contribution in [3.05, 3.63) is 69.6 Å². The quantitative estimate of drug-likeness (QED) is 0.553. The maximum atomic E-state index is 13.1. The summed E-state index contributed by atoms with van der Waals surface area (Å²) >= 11 is 7.28. The van der Waals surface area contributed by atoms with Gasteiger partial charge in [0, 0.05) is 10.4 Å². The van der Waals surface area contributed by atoms with E-state index in [2.05, 4.69) is 4.72 Å². The predicted octanol–water partition coefficient (Wildman–Crippen LogP) is 5.00.